The van der Waals surface area contributed by atoms with Crippen LogP contribution in [0.2, 0.25) is 0 Å². The third-order valence-electron chi connectivity index (χ3n) is 3.80. The van der Waals surface area contributed by atoms with E-state index >= 15 is 0 Å². The standard InChI is InChI=1S/C14H21N3O3S/c1-8-6-17(7-9(8)13(19)20-5)12(18)10-11(14(2,3)4)15-16-21-10/h8-9H,6-7H2,1-5H3. The van der Waals surface area contributed by atoms with Gasteiger partial charge in [0.1, 0.15) is 4.88 Å². The zero-order valence-corrected chi connectivity index (χ0v) is 13.9. The van der Waals surface area contributed by atoms with Gasteiger partial charge in [-0.1, -0.05) is 32.2 Å². The molecule has 6 nitrogen and oxygen atoms in total. The van der Waals surface area contributed by atoms with Crippen molar-refractivity contribution < 1.29 is 14.3 Å². The van der Waals surface area contributed by atoms with Gasteiger partial charge in [-0.3, -0.25) is 9.59 Å². The largest absolute Gasteiger partial charge is 0.469 e. The van der Waals surface area contributed by atoms with E-state index in [1.54, 1.807) is 4.90 Å². The van der Waals surface area contributed by atoms with Crippen LogP contribution in [0.1, 0.15) is 43.1 Å². The Morgan fingerprint density at radius 1 is 1.33 bits per heavy atom. The first-order valence-electron chi connectivity index (χ1n) is 6.95. The number of rotatable bonds is 2. The molecular weight excluding hydrogens is 290 g/mol. The van der Waals surface area contributed by atoms with E-state index < -0.39 is 0 Å². The Balaban J connectivity index is 2.19. The lowest BCUT2D eigenvalue weighted by atomic mass is 9.91. The molecule has 1 aliphatic heterocycles. The fourth-order valence-corrected chi connectivity index (χ4v) is 3.40. The van der Waals surface area contributed by atoms with Crippen molar-refractivity contribution in [1.29, 1.82) is 0 Å². The van der Waals surface area contributed by atoms with E-state index in [0.717, 1.165) is 11.5 Å². The van der Waals surface area contributed by atoms with E-state index in [1.807, 2.05) is 27.7 Å². The molecule has 0 spiro atoms. The molecule has 1 aromatic rings. The van der Waals surface area contributed by atoms with Crippen LogP contribution in [0.3, 0.4) is 0 Å². The average molecular weight is 311 g/mol. The van der Waals surface area contributed by atoms with E-state index in [9.17, 15) is 9.59 Å². The molecule has 2 rings (SSSR count). The number of hydrogen-bond acceptors (Lipinski definition) is 6. The summed E-state index contributed by atoms with van der Waals surface area (Å²) < 4.78 is 8.73. The van der Waals surface area contributed by atoms with Gasteiger partial charge >= 0.3 is 5.97 Å². The normalized spacial score (nSPS) is 22.4. The number of amides is 1. The zero-order chi connectivity index (χ0) is 15.8. The number of ether oxygens (including phenoxy) is 1. The SMILES string of the molecule is COC(=O)C1CN(C(=O)c2snnc2C(C)(C)C)CC1C. The highest BCUT2D eigenvalue weighted by Crippen LogP contribution is 2.30. The summed E-state index contributed by atoms with van der Waals surface area (Å²) in [4.78, 5) is 26.7. The van der Waals surface area contributed by atoms with Crippen molar-refractivity contribution in [3.05, 3.63) is 10.6 Å². The first-order chi connectivity index (χ1) is 9.75. The van der Waals surface area contributed by atoms with Crippen LogP contribution < -0.4 is 0 Å². The molecule has 2 heterocycles. The second-order valence-corrected chi connectivity index (χ2v) is 7.27. The number of aromatic nitrogens is 2. The van der Waals surface area contributed by atoms with Gasteiger partial charge in [-0.25, -0.2) is 0 Å². The number of carbonyl (C=O) groups excluding carboxylic acids is 2. The van der Waals surface area contributed by atoms with E-state index in [4.69, 9.17) is 4.74 Å². The van der Waals surface area contributed by atoms with Crippen LogP contribution >= 0.6 is 11.5 Å². The van der Waals surface area contributed by atoms with Gasteiger partial charge in [0.15, 0.2) is 0 Å². The lowest BCUT2D eigenvalue weighted by Gasteiger charge is -2.19. The summed E-state index contributed by atoms with van der Waals surface area (Å²) >= 11 is 1.12. The monoisotopic (exact) mass is 311 g/mol. The number of hydrogen-bond donors (Lipinski definition) is 0. The summed E-state index contributed by atoms with van der Waals surface area (Å²) in [6.45, 7) is 8.93. The fraction of sp³-hybridized carbons (Fsp3) is 0.714. The van der Waals surface area contributed by atoms with Crippen molar-refractivity contribution in [2.45, 2.75) is 33.1 Å². The Bertz CT molecular complexity index is 550. The number of methoxy groups -OCH3 is 1. The molecule has 2 unspecified atom stereocenters. The highest BCUT2D eigenvalue weighted by Gasteiger charge is 2.39. The van der Waals surface area contributed by atoms with Gasteiger partial charge in [0, 0.05) is 18.5 Å². The summed E-state index contributed by atoms with van der Waals surface area (Å²) in [7, 11) is 1.38. The van der Waals surface area contributed by atoms with Gasteiger partial charge < -0.3 is 9.64 Å². The van der Waals surface area contributed by atoms with E-state index in [0.29, 0.717) is 23.7 Å². The molecular formula is C14H21N3O3S. The maximum Gasteiger partial charge on any atom is 0.310 e. The fourth-order valence-electron chi connectivity index (χ4n) is 2.56. The number of esters is 1. The molecule has 1 aliphatic rings. The number of likely N-dealkylation sites (tertiary alicyclic amines) is 1. The molecule has 0 N–H and O–H groups in total. The lowest BCUT2D eigenvalue weighted by molar-refractivity contribution is -0.146. The Morgan fingerprint density at radius 3 is 2.57 bits per heavy atom. The molecule has 1 amide bonds. The predicted molar refractivity (Wildman–Crippen MR) is 79.2 cm³/mol. The highest BCUT2D eigenvalue weighted by molar-refractivity contribution is 7.08. The van der Waals surface area contributed by atoms with Crippen molar-refractivity contribution >= 4 is 23.4 Å². The van der Waals surface area contributed by atoms with E-state index in [2.05, 4.69) is 9.59 Å². The molecule has 0 aromatic carbocycles. The van der Waals surface area contributed by atoms with Crippen LogP contribution in [0.25, 0.3) is 0 Å². The van der Waals surface area contributed by atoms with Crippen molar-refractivity contribution in [3.63, 3.8) is 0 Å². The molecule has 0 saturated carbocycles. The summed E-state index contributed by atoms with van der Waals surface area (Å²) in [5.74, 6) is -0.497. The summed E-state index contributed by atoms with van der Waals surface area (Å²) in [5.41, 5.74) is 0.483. The molecule has 2 atom stereocenters. The first-order valence-corrected chi connectivity index (χ1v) is 7.73. The first kappa shape index (κ1) is 15.9. The molecule has 1 fully saturated rings. The second-order valence-electron chi connectivity index (χ2n) is 6.52. The van der Waals surface area contributed by atoms with Crippen LogP contribution in [0.5, 0.6) is 0 Å². The molecule has 7 heteroatoms. The quantitative estimate of drug-likeness (QED) is 0.778. The van der Waals surface area contributed by atoms with Crippen molar-refractivity contribution in [2.24, 2.45) is 11.8 Å². The molecule has 1 aromatic heterocycles. The highest BCUT2D eigenvalue weighted by atomic mass is 32.1. The van der Waals surface area contributed by atoms with Crippen LogP contribution in [-0.4, -0.2) is 46.6 Å². The minimum Gasteiger partial charge on any atom is -0.469 e. The third-order valence-corrected chi connectivity index (χ3v) is 4.51. The van der Waals surface area contributed by atoms with Crippen LogP contribution in [-0.2, 0) is 14.9 Å². The Morgan fingerprint density at radius 2 is 2.00 bits per heavy atom. The van der Waals surface area contributed by atoms with Crippen LogP contribution in [0, 0.1) is 11.8 Å². The van der Waals surface area contributed by atoms with Gasteiger partial charge in [-0.2, -0.15) is 0 Å². The smallest absolute Gasteiger partial charge is 0.310 e. The van der Waals surface area contributed by atoms with Gasteiger partial charge in [-0.05, 0) is 17.5 Å². The molecule has 1 saturated heterocycles. The number of carbonyl (C=O) groups is 2. The van der Waals surface area contributed by atoms with Gasteiger partial charge in [0.05, 0.1) is 18.7 Å². The van der Waals surface area contributed by atoms with Crippen LogP contribution in [0.15, 0.2) is 0 Å². The van der Waals surface area contributed by atoms with Gasteiger partial charge in [0.2, 0.25) is 0 Å². The molecule has 116 valence electrons. The Kier molecular flexibility index (Phi) is 4.32. The number of nitrogens with zero attached hydrogens (tertiary/aromatic N) is 3. The maximum absolute atomic E-state index is 12.7. The van der Waals surface area contributed by atoms with Crippen molar-refractivity contribution in [2.75, 3.05) is 20.2 Å². The van der Waals surface area contributed by atoms with Crippen molar-refractivity contribution in [1.82, 2.24) is 14.5 Å². The Labute approximate surface area is 128 Å². The summed E-state index contributed by atoms with van der Waals surface area (Å²) in [6, 6.07) is 0. The van der Waals surface area contributed by atoms with E-state index in [1.165, 1.54) is 7.11 Å². The second kappa shape index (κ2) is 5.71. The van der Waals surface area contributed by atoms with Gasteiger partial charge in [0.25, 0.3) is 5.91 Å². The maximum atomic E-state index is 12.7. The minimum absolute atomic E-state index is 0.0896. The van der Waals surface area contributed by atoms with Crippen LogP contribution in [0.4, 0.5) is 0 Å². The summed E-state index contributed by atoms with van der Waals surface area (Å²) in [6.07, 6.45) is 0. The minimum atomic E-state index is -0.253. The summed E-state index contributed by atoms with van der Waals surface area (Å²) in [5, 5.41) is 4.10. The lowest BCUT2D eigenvalue weighted by Crippen LogP contribution is -2.31. The topological polar surface area (TPSA) is 72.4 Å². The Hall–Kier alpha value is -1.50. The van der Waals surface area contributed by atoms with Crippen molar-refractivity contribution in [3.8, 4) is 0 Å². The predicted octanol–water partition coefficient (Wildman–Crippen LogP) is 1.72. The van der Waals surface area contributed by atoms with Gasteiger partial charge in [-0.15, -0.1) is 5.10 Å². The molecule has 21 heavy (non-hydrogen) atoms. The average Bonchev–Trinajstić information content (AvgIpc) is 3.02. The molecule has 0 aliphatic carbocycles. The zero-order valence-electron chi connectivity index (χ0n) is 13.0. The molecule has 0 bridgehead atoms. The molecule has 0 radical (unpaired) electrons. The van der Waals surface area contributed by atoms with E-state index in [-0.39, 0.29) is 29.1 Å². The third kappa shape index (κ3) is 3.07.